The first-order valence-electron chi connectivity index (χ1n) is 12.2. The molecule has 0 fully saturated rings. The zero-order valence-corrected chi connectivity index (χ0v) is 21.7. The van der Waals surface area contributed by atoms with Gasteiger partial charge in [0.15, 0.2) is 22.9 Å². The Labute approximate surface area is 230 Å². The van der Waals surface area contributed by atoms with Gasteiger partial charge in [0, 0.05) is 28.4 Å². The van der Waals surface area contributed by atoms with Crippen LogP contribution in [0.1, 0.15) is 27.4 Å². The number of hydrogen-bond acceptors (Lipinski definition) is 4. The van der Waals surface area contributed by atoms with E-state index in [0.717, 1.165) is 28.1 Å². The largest absolute Gasteiger partial charge is 0.433 e. The van der Waals surface area contributed by atoms with Crippen molar-refractivity contribution in [3.63, 3.8) is 0 Å². The minimum atomic E-state index is -4.73. The Balaban J connectivity index is 1.31. The lowest BCUT2D eigenvalue weighted by atomic mass is 10.0. The second-order valence-corrected chi connectivity index (χ2v) is 9.73. The lowest BCUT2D eigenvalue weighted by molar-refractivity contribution is -0.142. The summed E-state index contributed by atoms with van der Waals surface area (Å²) in [6, 6.07) is 24.0. The Kier molecular flexibility index (Phi) is 6.26. The Morgan fingerprint density at radius 2 is 1.68 bits per heavy atom. The second-order valence-electron chi connectivity index (χ2n) is 9.30. The Morgan fingerprint density at radius 1 is 0.925 bits per heavy atom. The number of nitrogens with one attached hydrogen (secondary N) is 1. The van der Waals surface area contributed by atoms with Crippen molar-refractivity contribution in [1.29, 1.82) is 0 Å². The molecule has 40 heavy (non-hydrogen) atoms. The van der Waals surface area contributed by atoms with Gasteiger partial charge in [-0.05, 0) is 47.5 Å². The number of nitrogens with zero attached hydrogens (tertiary/aromatic N) is 5. The van der Waals surface area contributed by atoms with Crippen molar-refractivity contribution in [1.82, 2.24) is 24.4 Å². The first-order valence-corrected chi connectivity index (χ1v) is 12.6. The van der Waals surface area contributed by atoms with Crippen LogP contribution in [0, 0.1) is 6.92 Å². The van der Waals surface area contributed by atoms with Crippen LogP contribution in [0.3, 0.4) is 0 Å². The summed E-state index contributed by atoms with van der Waals surface area (Å²) in [5.74, 6) is -0.462. The fourth-order valence-corrected chi connectivity index (χ4v) is 4.58. The van der Waals surface area contributed by atoms with E-state index in [2.05, 4.69) is 20.5 Å². The maximum Gasteiger partial charge on any atom is 0.433 e. The number of carbonyl (C=O) groups is 1. The second kappa shape index (κ2) is 9.80. The average molecular weight is 561 g/mol. The number of alkyl halides is 3. The number of aryl methyl sites for hydroxylation is 1. The molecule has 0 saturated carbocycles. The van der Waals surface area contributed by atoms with Crippen LogP contribution in [-0.2, 0) is 12.7 Å². The number of hydrogen-bond donors (Lipinski definition) is 1. The number of amides is 1. The van der Waals surface area contributed by atoms with Crippen molar-refractivity contribution >= 4 is 39.7 Å². The van der Waals surface area contributed by atoms with Gasteiger partial charge in [-0.2, -0.15) is 23.4 Å². The first kappa shape index (κ1) is 25.6. The lowest BCUT2D eigenvalue weighted by Gasteiger charge is -2.11. The summed E-state index contributed by atoms with van der Waals surface area (Å²) in [5.41, 5.74) is 1.01. The highest BCUT2D eigenvalue weighted by Gasteiger charge is 2.35. The molecule has 0 saturated heterocycles. The molecule has 11 heteroatoms. The molecule has 1 N–H and O–H groups in total. The van der Waals surface area contributed by atoms with E-state index in [-0.39, 0.29) is 22.9 Å². The molecule has 1 amide bonds. The van der Waals surface area contributed by atoms with E-state index in [0.29, 0.717) is 21.6 Å². The normalized spacial score (nSPS) is 11.8. The van der Waals surface area contributed by atoms with Gasteiger partial charge in [-0.25, -0.2) is 9.50 Å². The van der Waals surface area contributed by atoms with Gasteiger partial charge in [0.25, 0.3) is 5.91 Å². The fraction of sp³-hybridized carbons (Fsp3) is 0.103. The van der Waals surface area contributed by atoms with Crippen molar-refractivity contribution in [3.05, 3.63) is 113 Å². The maximum atomic E-state index is 14.1. The molecule has 3 aromatic carbocycles. The van der Waals surface area contributed by atoms with Crippen LogP contribution in [0.5, 0.6) is 0 Å². The summed E-state index contributed by atoms with van der Waals surface area (Å²) in [6.07, 6.45) is -4.73. The topological polar surface area (TPSA) is 77.1 Å². The van der Waals surface area contributed by atoms with Gasteiger partial charge in [-0.3, -0.25) is 9.48 Å². The smallest absolute Gasteiger partial charge is 0.304 e. The molecule has 0 spiro atoms. The summed E-state index contributed by atoms with van der Waals surface area (Å²) in [4.78, 5) is 17.4. The van der Waals surface area contributed by atoms with Gasteiger partial charge < -0.3 is 5.32 Å². The quantitative estimate of drug-likeness (QED) is 0.246. The summed E-state index contributed by atoms with van der Waals surface area (Å²) >= 11 is 5.95. The molecule has 0 aliphatic heterocycles. The van der Waals surface area contributed by atoms with Crippen LogP contribution in [0.4, 0.5) is 19.0 Å². The van der Waals surface area contributed by atoms with Gasteiger partial charge >= 0.3 is 6.18 Å². The van der Waals surface area contributed by atoms with Gasteiger partial charge in [-0.15, -0.1) is 0 Å². The van der Waals surface area contributed by atoms with E-state index in [1.54, 1.807) is 35.0 Å². The molecule has 6 aromatic rings. The first-order chi connectivity index (χ1) is 19.1. The number of halogens is 4. The van der Waals surface area contributed by atoms with Gasteiger partial charge in [-0.1, -0.05) is 60.1 Å². The van der Waals surface area contributed by atoms with Gasteiger partial charge in [0.1, 0.15) is 0 Å². The molecule has 7 nitrogen and oxygen atoms in total. The number of fused-ring (bicyclic) bond motifs is 2. The van der Waals surface area contributed by atoms with Crippen molar-refractivity contribution in [3.8, 4) is 11.3 Å². The zero-order valence-electron chi connectivity index (χ0n) is 20.9. The Hall–Kier alpha value is -4.70. The number of aromatic nitrogens is 5. The minimum absolute atomic E-state index is 0.104. The Bertz CT molecular complexity index is 1890. The molecule has 0 radical (unpaired) electrons. The molecule has 0 aliphatic carbocycles. The highest BCUT2D eigenvalue weighted by molar-refractivity contribution is 6.30. The monoisotopic (exact) mass is 560 g/mol. The fourth-order valence-electron chi connectivity index (χ4n) is 4.46. The third kappa shape index (κ3) is 5.01. The number of rotatable bonds is 5. The molecule has 6 rings (SSSR count). The van der Waals surface area contributed by atoms with Crippen LogP contribution < -0.4 is 5.32 Å². The number of carbonyl (C=O) groups excluding carboxylic acids is 1. The summed E-state index contributed by atoms with van der Waals surface area (Å²) in [5, 5.41) is 13.4. The summed E-state index contributed by atoms with van der Waals surface area (Å²) in [7, 11) is 0. The average Bonchev–Trinajstić information content (AvgIpc) is 3.51. The molecular formula is C29H20ClF3N6O. The highest BCUT2D eigenvalue weighted by Crippen LogP contribution is 2.33. The van der Waals surface area contributed by atoms with E-state index in [4.69, 9.17) is 11.6 Å². The van der Waals surface area contributed by atoms with E-state index in [1.165, 1.54) is 6.07 Å². The SMILES string of the molecule is Cc1cc(NC(=O)c2cc3nc(-c4ccc5ccccc5c4)cc(C(F)(F)F)n3n2)nn1Cc1ccc(Cl)cc1. The molecule has 3 heterocycles. The predicted octanol–water partition coefficient (Wildman–Crippen LogP) is 7.03. The van der Waals surface area contributed by atoms with Crippen molar-refractivity contribution in [2.75, 3.05) is 5.32 Å². The standard InChI is InChI=1S/C29H20ClF3N6O/c1-17-12-26(37-38(17)16-18-6-10-22(30)11-7-18)35-28(40)24-15-27-34-23(14-25(29(31,32)33)39(27)36-24)21-9-8-19-4-2-3-5-20(19)13-21/h2-15H,16H2,1H3,(H,35,37,40). The third-order valence-corrected chi connectivity index (χ3v) is 6.72. The molecule has 0 atom stereocenters. The number of benzene rings is 3. The van der Waals surface area contributed by atoms with Crippen LogP contribution in [0.2, 0.25) is 5.02 Å². The zero-order chi connectivity index (χ0) is 28.0. The molecule has 200 valence electrons. The minimum Gasteiger partial charge on any atom is -0.304 e. The molecule has 0 bridgehead atoms. The van der Waals surface area contributed by atoms with Crippen LogP contribution in [0.15, 0.2) is 84.9 Å². The van der Waals surface area contributed by atoms with E-state index >= 15 is 0 Å². The predicted molar refractivity (Wildman–Crippen MR) is 146 cm³/mol. The summed E-state index contributed by atoms with van der Waals surface area (Å²) in [6.45, 7) is 2.28. The molecular weight excluding hydrogens is 541 g/mol. The van der Waals surface area contributed by atoms with E-state index < -0.39 is 17.8 Å². The third-order valence-electron chi connectivity index (χ3n) is 6.46. The molecule has 0 aliphatic rings. The van der Waals surface area contributed by atoms with E-state index in [1.807, 2.05) is 49.4 Å². The lowest BCUT2D eigenvalue weighted by Crippen LogP contribution is -2.16. The van der Waals surface area contributed by atoms with Crippen LogP contribution >= 0.6 is 11.6 Å². The highest BCUT2D eigenvalue weighted by atomic mass is 35.5. The van der Waals surface area contributed by atoms with Crippen molar-refractivity contribution in [2.24, 2.45) is 0 Å². The number of anilines is 1. The Morgan fingerprint density at radius 3 is 2.42 bits per heavy atom. The van der Waals surface area contributed by atoms with Crippen molar-refractivity contribution < 1.29 is 18.0 Å². The van der Waals surface area contributed by atoms with Crippen LogP contribution in [0.25, 0.3) is 27.7 Å². The van der Waals surface area contributed by atoms with Crippen molar-refractivity contribution in [2.45, 2.75) is 19.6 Å². The van der Waals surface area contributed by atoms with Crippen LogP contribution in [-0.4, -0.2) is 30.3 Å². The van der Waals surface area contributed by atoms with Gasteiger partial charge in [0.2, 0.25) is 0 Å². The molecule has 0 unspecified atom stereocenters. The maximum absolute atomic E-state index is 14.1. The summed E-state index contributed by atoms with van der Waals surface area (Å²) < 4.78 is 44.5. The molecule has 3 aromatic heterocycles. The van der Waals surface area contributed by atoms with E-state index in [9.17, 15) is 18.0 Å². The van der Waals surface area contributed by atoms with Gasteiger partial charge in [0.05, 0.1) is 12.2 Å².